The van der Waals surface area contributed by atoms with E-state index >= 15 is 0 Å². The molecule has 1 N–H and O–H groups in total. The van der Waals surface area contributed by atoms with Crippen LogP contribution in [-0.4, -0.2) is 46.4 Å². The number of rotatable bonds is 5. The number of benzene rings is 1. The summed E-state index contributed by atoms with van der Waals surface area (Å²) in [6.07, 6.45) is 5.49. The quantitative estimate of drug-likeness (QED) is 0.558. The minimum Gasteiger partial charge on any atom is -0.376 e. The van der Waals surface area contributed by atoms with Gasteiger partial charge in [-0.05, 0) is 69.6 Å². The van der Waals surface area contributed by atoms with Crippen LogP contribution in [0, 0.1) is 13.8 Å². The van der Waals surface area contributed by atoms with Crippen molar-refractivity contribution in [3.63, 3.8) is 0 Å². The molecule has 1 aromatic carbocycles. The van der Waals surface area contributed by atoms with E-state index in [0.717, 1.165) is 66.1 Å². The standard InChI is InChI=1S/C26H31N3O4/c1-17-14-21(18(2)28(17)15-20-10-7-13-33-20)23(30)16-29-24(31)26(27-25(29)32)12-6-5-9-19-8-3-4-11-22(19)26/h3-4,8,11,14,20H,5-7,9-10,12-13,15-16H2,1-2H3,(H,27,32). The van der Waals surface area contributed by atoms with E-state index in [1.165, 1.54) is 0 Å². The predicted molar refractivity (Wildman–Crippen MR) is 123 cm³/mol. The van der Waals surface area contributed by atoms with Gasteiger partial charge in [0.25, 0.3) is 5.91 Å². The summed E-state index contributed by atoms with van der Waals surface area (Å²) in [5.41, 5.74) is 3.29. The van der Waals surface area contributed by atoms with E-state index in [1.807, 2.05) is 44.2 Å². The molecule has 3 aliphatic rings. The highest BCUT2D eigenvalue weighted by atomic mass is 16.5. The predicted octanol–water partition coefficient (Wildman–Crippen LogP) is 3.64. The number of hydrogen-bond donors (Lipinski definition) is 1. The second kappa shape index (κ2) is 8.45. The summed E-state index contributed by atoms with van der Waals surface area (Å²) in [6, 6.07) is 9.20. The smallest absolute Gasteiger partial charge is 0.325 e. The summed E-state index contributed by atoms with van der Waals surface area (Å²) >= 11 is 0. The lowest BCUT2D eigenvalue weighted by atomic mass is 9.84. The summed E-state index contributed by atoms with van der Waals surface area (Å²) in [4.78, 5) is 41.0. The first-order valence-corrected chi connectivity index (χ1v) is 11.9. The van der Waals surface area contributed by atoms with Gasteiger partial charge in [-0.2, -0.15) is 0 Å². The van der Waals surface area contributed by atoms with Gasteiger partial charge in [-0.3, -0.25) is 14.5 Å². The summed E-state index contributed by atoms with van der Waals surface area (Å²) in [5, 5.41) is 2.97. The van der Waals surface area contributed by atoms with Crippen molar-refractivity contribution in [3.05, 3.63) is 58.4 Å². The van der Waals surface area contributed by atoms with Crippen LogP contribution >= 0.6 is 0 Å². The molecule has 7 nitrogen and oxygen atoms in total. The average Bonchev–Trinajstić information content (AvgIpc) is 3.44. The molecule has 2 atom stereocenters. The number of ether oxygens (including phenoxy) is 1. The van der Waals surface area contributed by atoms with Crippen molar-refractivity contribution in [3.8, 4) is 0 Å². The van der Waals surface area contributed by atoms with Crippen LogP contribution in [0.25, 0.3) is 0 Å². The molecule has 2 unspecified atom stereocenters. The van der Waals surface area contributed by atoms with Crippen molar-refractivity contribution in [1.29, 1.82) is 0 Å². The molecule has 7 heteroatoms. The lowest BCUT2D eigenvalue weighted by Crippen LogP contribution is -2.44. The Bertz CT molecular complexity index is 1110. The van der Waals surface area contributed by atoms with Gasteiger partial charge in [0.05, 0.1) is 12.6 Å². The molecule has 2 aromatic rings. The fourth-order valence-corrected chi connectivity index (χ4v) is 5.70. The third kappa shape index (κ3) is 3.68. The Balaban J connectivity index is 1.39. The maximum atomic E-state index is 13.6. The maximum absolute atomic E-state index is 13.6. The number of nitrogens with zero attached hydrogens (tertiary/aromatic N) is 2. The van der Waals surface area contributed by atoms with Crippen LogP contribution in [0.5, 0.6) is 0 Å². The van der Waals surface area contributed by atoms with E-state index in [9.17, 15) is 14.4 Å². The Morgan fingerprint density at radius 3 is 2.79 bits per heavy atom. The first-order valence-electron chi connectivity index (χ1n) is 11.9. The molecule has 5 rings (SSSR count). The highest BCUT2D eigenvalue weighted by molar-refractivity contribution is 6.11. The molecule has 2 saturated heterocycles. The van der Waals surface area contributed by atoms with E-state index in [1.54, 1.807) is 0 Å². The molecular weight excluding hydrogens is 418 g/mol. The SMILES string of the molecule is Cc1cc(C(=O)CN2C(=O)NC3(CCCCc4ccccc43)C2=O)c(C)n1CC1CCCO1. The van der Waals surface area contributed by atoms with E-state index in [4.69, 9.17) is 4.74 Å². The van der Waals surface area contributed by atoms with Gasteiger partial charge in [0.15, 0.2) is 5.78 Å². The lowest BCUT2D eigenvalue weighted by Gasteiger charge is -2.27. The molecule has 2 fully saturated rings. The second-order valence-electron chi connectivity index (χ2n) is 9.54. The molecule has 1 spiro atoms. The van der Waals surface area contributed by atoms with Gasteiger partial charge in [0.1, 0.15) is 5.54 Å². The number of urea groups is 1. The zero-order chi connectivity index (χ0) is 23.2. The lowest BCUT2D eigenvalue weighted by molar-refractivity contribution is -0.131. The topological polar surface area (TPSA) is 80.6 Å². The van der Waals surface area contributed by atoms with Gasteiger partial charge >= 0.3 is 6.03 Å². The zero-order valence-corrected chi connectivity index (χ0v) is 19.4. The Morgan fingerprint density at radius 1 is 1.18 bits per heavy atom. The van der Waals surface area contributed by atoms with Crippen molar-refractivity contribution < 1.29 is 19.1 Å². The first-order chi connectivity index (χ1) is 15.9. The van der Waals surface area contributed by atoms with Crippen LogP contribution in [-0.2, 0) is 28.0 Å². The number of ketones is 1. The zero-order valence-electron chi connectivity index (χ0n) is 19.4. The molecule has 1 aliphatic carbocycles. The number of imide groups is 1. The number of nitrogens with one attached hydrogen (secondary N) is 1. The molecule has 0 bridgehead atoms. The van der Waals surface area contributed by atoms with Gasteiger partial charge in [-0.1, -0.05) is 24.3 Å². The fourth-order valence-electron chi connectivity index (χ4n) is 5.70. The van der Waals surface area contributed by atoms with Crippen LogP contribution in [0.4, 0.5) is 4.79 Å². The Labute approximate surface area is 194 Å². The molecule has 33 heavy (non-hydrogen) atoms. The molecule has 0 radical (unpaired) electrons. The molecule has 174 valence electrons. The number of Topliss-reactive ketones (excluding diaryl/α,β-unsaturated/α-hetero) is 1. The Kier molecular flexibility index (Phi) is 5.60. The first kappa shape index (κ1) is 21.9. The number of carbonyl (C=O) groups is 3. The van der Waals surface area contributed by atoms with Crippen molar-refractivity contribution >= 4 is 17.7 Å². The van der Waals surface area contributed by atoms with Crippen LogP contribution in [0.3, 0.4) is 0 Å². The minimum atomic E-state index is -1.07. The van der Waals surface area contributed by atoms with Gasteiger partial charge in [0, 0.05) is 30.1 Å². The van der Waals surface area contributed by atoms with E-state index < -0.39 is 11.6 Å². The Morgan fingerprint density at radius 2 is 2.00 bits per heavy atom. The van der Waals surface area contributed by atoms with Gasteiger partial charge in [0.2, 0.25) is 0 Å². The molecule has 3 amide bonds. The normalized spacial score (nSPS) is 24.8. The summed E-state index contributed by atoms with van der Waals surface area (Å²) < 4.78 is 7.87. The fraction of sp³-hybridized carbons (Fsp3) is 0.500. The Hall–Kier alpha value is -2.93. The highest BCUT2D eigenvalue weighted by Crippen LogP contribution is 2.39. The van der Waals surface area contributed by atoms with Gasteiger partial charge in [-0.25, -0.2) is 4.79 Å². The summed E-state index contributed by atoms with van der Waals surface area (Å²) in [5.74, 6) is -0.535. The third-order valence-corrected chi connectivity index (χ3v) is 7.49. The van der Waals surface area contributed by atoms with Crippen LogP contribution < -0.4 is 5.32 Å². The van der Waals surface area contributed by atoms with Crippen molar-refractivity contribution in [2.45, 2.75) is 70.6 Å². The minimum absolute atomic E-state index is 0.166. The number of aromatic nitrogens is 1. The summed E-state index contributed by atoms with van der Waals surface area (Å²) in [6.45, 7) is 5.15. The molecule has 1 aromatic heterocycles. The van der Waals surface area contributed by atoms with Crippen LogP contribution in [0.2, 0.25) is 0 Å². The number of amides is 3. The monoisotopic (exact) mass is 449 g/mol. The van der Waals surface area contributed by atoms with Crippen LogP contribution in [0.1, 0.15) is 65.0 Å². The molecular formula is C26H31N3O4. The van der Waals surface area contributed by atoms with Crippen molar-refractivity contribution in [1.82, 2.24) is 14.8 Å². The van der Waals surface area contributed by atoms with E-state index in [2.05, 4.69) is 9.88 Å². The van der Waals surface area contributed by atoms with E-state index in [-0.39, 0.29) is 24.3 Å². The van der Waals surface area contributed by atoms with Gasteiger partial charge < -0.3 is 14.6 Å². The number of aryl methyl sites for hydroxylation is 2. The third-order valence-electron chi connectivity index (χ3n) is 7.49. The number of carbonyl (C=O) groups excluding carboxylic acids is 3. The molecule has 0 saturated carbocycles. The second-order valence-corrected chi connectivity index (χ2v) is 9.54. The van der Waals surface area contributed by atoms with Crippen LogP contribution in [0.15, 0.2) is 30.3 Å². The average molecular weight is 450 g/mol. The van der Waals surface area contributed by atoms with Gasteiger partial charge in [-0.15, -0.1) is 0 Å². The largest absolute Gasteiger partial charge is 0.376 e. The van der Waals surface area contributed by atoms with Crippen molar-refractivity contribution in [2.75, 3.05) is 13.2 Å². The molecule has 2 aliphatic heterocycles. The van der Waals surface area contributed by atoms with E-state index in [0.29, 0.717) is 18.5 Å². The number of fused-ring (bicyclic) bond motifs is 2. The number of hydrogen-bond acceptors (Lipinski definition) is 4. The van der Waals surface area contributed by atoms with Crippen molar-refractivity contribution in [2.24, 2.45) is 0 Å². The molecule has 3 heterocycles. The maximum Gasteiger partial charge on any atom is 0.325 e. The highest BCUT2D eigenvalue weighted by Gasteiger charge is 2.53. The summed E-state index contributed by atoms with van der Waals surface area (Å²) in [7, 11) is 0.